The fraction of sp³-hybridized carbons (Fsp3) is 0.381. The molecule has 2 aromatic heterocycles. The number of nitrogens with one attached hydrogen (secondary N) is 1. The molecule has 0 bridgehead atoms. The van der Waals surface area contributed by atoms with Crippen molar-refractivity contribution >= 4 is 54.9 Å². The van der Waals surface area contributed by atoms with Crippen LogP contribution >= 0.6 is 23.1 Å². The van der Waals surface area contributed by atoms with Crippen LogP contribution in [0.1, 0.15) is 34.4 Å². The number of carbonyl (C=O) groups excluding carboxylic acids is 1. The molecule has 1 N–H and O–H groups in total. The Bertz CT molecular complexity index is 1160. The highest BCUT2D eigenvalue weighted by Crippen LogP contribution is 2.35. The molecule has 0 radical (unpaired) electrons. The minimum Gasteiger partial charge on any atom is -0.462 e. The molecule has 0 aliphatic carbocycles. The van der Waals surface area contributed by atoms with E-state index in [4.69, 9.17) is 9.72 Å². The van der Waals surface area contributed by atoms with E-state index in [-0.39, 0.29) is 11.7 Å². The summed E-state index contributed by atoms with van der Waals surface area (Å²) in [7, 11) is -3.03. The summed E-state index contributed by atoms with van der Waals surface area (Å²) in [5, 5.41) is 4.03. The van der Waals surface area contributed by atoms with Gasteiger partial charge in [0.05, 0.1) is 23.5 Å². The van der Waals surface area contributed by atoms with Crippen LogP contribution in [0, 0.1) is 6.92 Å². The highest BCUT2D eigenvalue weighted by atomic mass is 32.2. The maximum atomic E-state index is 12.4. The molecule has 0 unspecified atom stereocenters. The standard InChI is InChI=1S/C21H25N3O4S3/c1-4-28-21(25)18-14(2)17-19(22-11-8-12-31(3,26)27)23-16(24-20(17)30-18)13-29-15-9-6-5-7-10-15/h5-7,9-10H,4,8,11-13H2,1-3H3,(H,22,23,24). The quantitative estimate of drug-likeness (QED) is 0.261. The Morgan fingerprint density at radius 3 is 2.65 bits per heavy atom. The van der Waals surface area contributed by atoms with Gasteiger partial charge >= 0.3 is 5.97 Å². The van der Waals surface area contributed by atoms with Gasteiger partial charge in [-0.1, -0.05) is 18.2 Å². The van der Waals surface area contributed by atoms with E-state index in [0.29, 0.717) is 46.7 Å². The van der Waals surface area contributed by atoms with Crippen molar-refractivity contribution in [3.05, 3.63) is 46.6 Å². The predicted molar refractivity (Wildman–Crippen MR) is 127 cm³/mol. The Morgan fingerprint density at radius 2 is 1.97 bits per heavy atom. The first-order valence-electron chi connectivity index (χ1n) is 9.85. The first-order chi connectivity index (χ1) is 14.8. The molecule has 1 aromatic carbocycles. The minimum atomic E-state index is -3.03. The number of anilines is 1. The van der Waals surface area contributed by atoms with Gasteiger partial charge in [0.15, 0.2) is 0 Å². The van der Waals surface area contributed by atoms with Gasteiger partial charge in [0.1, 0.15) is 31.2 Å². The number of hydrogen-bond donors (Lipinski definition) is 1. The molecule has 166 valence electrons. The number of nitrogens with zero attached hydrogens (tertiary/aromatic N) is 2. The van der Waals surface area contributed by atoms with E-state index in [1.165, 1.54) is 17.6 Å². The third-order valence-electron chi connectivity index (χ3n) is 4.39. The van der Waals surface area contributed by atoms with Crippen LogP contribution in [-0.2, 0) is 20.3 Å². The summed E-state index contributed by atoms with van der Waals surface area (Å²) in [4.78, 5) is 24.1. The summed E-state index contributed by atoms with van der Waals surface area (Å²) >= 11 is 2.92. The van der Waals surface area contributed by atoms with Crippen LogP contribution in [0.3, 0.4) is 0 Å². The molecule has 0 atom stereocenters. The summed E-state index contributed by atoms with van der Waals surface area (Å²) in [6.45, 7) is 4.38. The van der Waals surface area contributed by atoms with Gasteiger partial charge in [0, 0.05) is 17.7 Å². The number of hydrogen-bond acceptors (Lipinski definition) is 9. The van der Waals surface area contributed by atoms with Crippen LogP contribution in [0.15, 0.2) is 35.2 Å². The molecule has 10 heteroatoms. The van der Waals surface area contributed by atoms with Crippen molar-refractivity contribution in [3.8, 4) is 0 Å². The molecular formula is C21H25N3O4S3. The minimum absolute atomic E-state index is 0.0988. The monoisotopic (exact) mass is 479 g/mol. The molecule has 0 saturated carbocycles. The van der Waals surface area contributed by atoms with Crippen molar-refractivity contribution in [1.82, 2.24) is 9.97 Å². The van der Waals surface area contributed by atoms with Gasteiger partial charge in [-0.2, -0.15) is 0 Å². The molecule has 0 fully saturated rings. The zero-order chi connectivity index (χ0) is 22.4. The molecule has 0 saturated heterocycles. The van der Waals surface area contributed by atoms with Gasteiger partial charge in [-0.25, -0.2) is 23.2 Å². The van der Waals surface area contributed by atoms with Crippen molar-refractivity contribution in [2.75, 3.05) is 30.5 Å². The summed E-state index contributed by atoms with van der Waals surface area (Å²) in [6, 6.07) is 9.99. The van der Waals surface area contributed by atoms with Crippen molar-refractivity contribution in [2.45, 2.75) is 30.9 Å². The molecule has 0 spiro atoms. The molecule has 0 aliphatic rings. The Hall–Kier alpha value is -2.17. The highest BCUT2D eigenvalue weighted by molar-refractivity contribution is 7.98. The SMILES string of the molecule is CCOC(=O)c1sc2nc(CSc3ccccc3)nc(NCCCS(C)(=O)=O)c2c1C. The maximum Gasteiger partial charge on any atom is 0.348 e. The average Bonchev–Trinajstić information content (AvgIpc) is 3.06. The smallest absolute Gasteiger partial charge is 0.348 e. The second kappa shape index (κ2) is 10.4. The van der Waals surface area contributed by atoms with Crippen LogP contribution in [0.4, 0.5) is 5.82 Å². The third-order valence-corrected chi connectivity index (χ3v) is 7.60. The van der Waals surface area contributed by atoms with Crippen molar-refractivity contribution in [3.63, 3.8) is 0 Å². The topological polar surface area (TPSA) is 98.2 Å². The van der Waals surface area contributed by atoms with Gasteiger partial charge in [-0.05, 0) is 38.0 Å². The zero-order valence-corrected chi connectivity index (χ0v) is 20.1. The number of fused-ring (bicyclic) bond motifs is 1. The van der Waals surface area contributed by atoms with E-state index in [9.17, 15) is 13.2 Å². The third kappa shape index (κ3) is 6.41. The van der Waals surface area contributed by atoms with E-state index in [0.717, 1.165) is 15.8 Å². The molecule has 2 heterocycles. The number of benzene rings is 1. The van der Waals surface area contributed by atoms with Gasteiger partial charge < -0.3 is 10.1 Å². The summed E-state index contributed by atoms with van der Waals surface area (Å²) in [5.74, 6) is 1.56. The van der Waals surface area contributed by atoms with Crippen LogP contribution < -0.4 is 5.32 Å². The van der Waals surface area contributed by atoms with E-state index in [1.807, 2.05) is 37.3 Å². The lowest BCUT2D eigenvalue weighted by Crippen LogP contribution is -2.11. The number of esters is 1. The van der Waals surface area contributed by atoms with E-state index >= 15 is 0 Å². The van der Waals surface area contributed by atoms with Crippen molar-refractivity contribution in [1.29, 1.82) is 0 Å². The lowest BCUT2D eigenvalue weighted by molar-refractivity contribution is 0.0531. The second-order valence-electron chi connectivity index (χ2n) is 6.96. The van der Waals surface area contributed by atoms with Gasteiger partial charge in [-0.15, -0.1) is 23.1 Å². The number of aromatic nitrogens is 2. The molecule has 31 heavy (non-hydrogen) atoms. The Balaban J connectivity index is 1.90. The summed E-state index contributed by atoms with van der Waals surface area (Å²) < 4.78 is 28.0. The average molecular weight is 480 g/mol. The Morgan fingerprint density at radius 1 is 1.23 bits per heavy atom. The van der Waals surface area contributed by atoms with Crippen molar-refractivity contribution < 1.29 is 17.9 Å². The summed E-state index contributed by atoms with van der Waals surface area (Å²) in [6.07, 6.45) is 1.69. The lowest BCUT2D eigenvalue weighted by Gasteiger charge is -2.10. The fourth-order valence-corrected chi connectivity index (χ4v) is 5.51. The number of thiophene rings is 1. The zero-order valence-electron chi connectivity index (χ0n) is 17.7. The Kier molecular flexibility index (Phi) is 7.90. The summed E-state index contributed by atoms with van der Waals surface area (Å²) in [5.41, 5.74) is 0.770. The molecule has 3 rings (SSSR count). The first kappa shape index (κ1) is 23.5. The molecule has 0 amide bonds. The number of ether oxygens (including phenoxy) is 1. The predicted octanol–water partition coefficient (Wildman–Crippen LogP) is 4.32. The molecular weight excluding hydrogens is 454 g/mol. The largest absolute Gasteiger partial charge is 0.462 e. The number of carbonyl (C=O) groups is 1. The van der Waals surface area contributed by atoms with Crippen LogP contribution in [0.5, 0.6) is 0 Å². The number of sulfone groups is 1. The normalized spacial score (nSPS) is 11.6. The lowest BCUT2D eigenvalue weighted by atomic mass is 10.2. The Labute approximate surface area is 190 Å². The van der Waals surface area contributed by atoms with Gasteiger partial charge in [-0.3, -0.25) is 0 Å². The molecule has 7 nitrogen and oxygen atoms in total. The highest BCUT2D eigenvalue weighted by Gasteiger charge is 2.21. The second-order valence-corrected chi connectivity index (χ2v) is 11.3. The van der Waals surface area contributed by atoms with Crippen LogP contribution in [0.25, 0.3) is 10.2 Å². The van der Waals surface area contributed by atoms with Crippen molar-refractivity contribution in [2.24, 2.45) is 0 Å². The van der Waals surface area contributed by atoms with Crippen LogP contribution in [0.2, 0.25) is 0 Å². The number of rotatable bonds is 10. The number of aryl methyl sites for hydroxylation is 1. The maximum absolute atomic E-state index is 12.4. The van der Waals surface area contributed by atoms with Gasteiger partial charge in [0.25, 0.3) is 0 Å². The van der Waals surface area contributed by atoms with E-state index < -0.39 is 9.84 Å². The molecule has 0 aliphatic heterocycles. The fourth-order valence-electron chi connectivity index (χ4n) is 2.97. The first-order valence-corrected chi connectivity index (χ1v) is 13.7. The number of thioether (sulfide) groups is 1. The van der Waals surface area contributed by atoms with Crippen LogP contribution in [-0.4, -0.2) is 49.5 Å². The van der Waals surface area contributed by atoms with Gasteiger partial charge in [0.2, 0.25) is 0 Å². The van der Waals surface area contributed by atoms with E-state index in [1.54, 1.807) is 18.7 Å². The molecule has 3 aromatic rings. The van der Waals surface area contributed by atoms with E-state index in [2.05, 4.69) is 10.3 Å².